The first kappa shape index (κ1) is 15.2. The topological polar surface area (TPSA) is 36.1 Å². The zero-order chi connectivity index (χ0) is 16.8. The lowest BCUT2D eigenvalue weighted by atomic mass is 10.0. The minimum absolute atomic E-state index is 0.0145. The zero-order valence-corrected chi connectivity index (χ0v) is 14.9. The highest BCUT2D eigenvalue weighted by molar-refractivity contribution is 7.99. The molecule has 0 bridgehead atoms. The molecule has 1 fully saturated rings. The first-order valence-corrected chi connectivity index (χ1v) is 10.0. The molecule has 3 nitrogen and oxygen atoms in total. The number of nitrogens with zero attached hydrogens (tertiary/aromatic N) is 1. The first-order valence-electron chi connectivity index (χ1n) is 8.86. The zero-order valence-electron chi connectivity index (χ0n) is 14.0. The number of rotatable bonds is 2. The second-order valence-electron chi connectivity index (χ2n) is 6.86. The molecule has 25 heavy (non-hydrogen) atoms. The molecular weight excluding hydrogens is 328 g/mol. The van der Waals surface area contributed by atoms with Crippen LogP contribution in [0.1, 0.15) is 16.7 Å². The molecule has 0 atom stereocenters. The summed E-state index contributed by atoms with van der Waals surface area (Å²) in [6.07, 6.45) is 0.917. The van der Waals surface area contributed by atoms with E-state index < -0.39 is 0 Å². The van der Waals surface area contributed by atoms with Crippen molar-refractivity contribution in [3.63, 3.8) is 0 Å². The van der Waals surface area contributed by atoms with E-state index in [1.807, 2.05) is 30.0 Å². The molecule has 1 saturated heterocycles. The first-order chi connectivity index (χ1) is 12.3. The van der Waals surface area contributed by atoms with E-state index in [4.69, 9.17) is 0 Å². The Labute approximate surface area is 151 Å². The summed E-state index contributed by atoms with van der Waals surface area (Å²) in [6, 6.07) is 14.5. The van der Waals surface area contributed by atoms with Crippen LogP contribution in [-0.2, 0) is 13.0 Å². The molecule has 0 radical (unpaired) electrons. The SMILES string of the molecule is O=c1[nH]c2c(c3ccccc13)Cc1c(CN3CCSCC3)cccc1-2. The molecule has 0 unspecified atom stereocenters. The number of benzene rings is 2. The van der Waals surface area contributed by atoms with Crippen molar-refractivity contribution >= 4 is 22.5 Å². The predicted octanol–water partition coefficient (Wildman–Crippen LogP) is 3.65. The average Bonchev–Trinajstić information content (AvgIpc) is 3.03. The van der Waals surface area contributed by atoms with Gasteiger partial charge in [0.05, 0.1) is 5.69 Å². The molecule has 1 N–H and O–H groups in total. The van der Waals surface area contributed by atoms with Gasteiger partial charge in [-0.05, 0) is 28.1 Å². The fourth-order valence-corrected chi connectivity index (χ4v) is 5.13. The maximum Gasteiger partial charge on any atom is 0.256 e. The largest absolute Gasteiger partial charge is 0.321 e. The number of pyridine rings is 1. The number of hydrogen-bond donors (Lipinski definition) is 1. The lowest BCUT2D eigenvalue weighted by Crippen LogP contribution is -2.32. The van der Waals surface area contributed by atoms with Crippen molar-refractivity contribution in [3.05, 3.63) is 69.5 Å². The molecule has 2 heterocycles. The van der Waals surface area contributed by atoms with Crippen LogP contribution in [0.2, 0.25) is 0 Å². The van der Waals surface area contributed by atoms with E-state index in [2.05, 4.69) is 34.1 Å². The van der Waals surface area contributed by atoms with Gasteiger partial charge in [-0.15, -0.1) is 0 Å². The lowest BCUT2D eigenvalue weighted by Gasteiger charge is -2.27. The van der Waals surface area contributed by atoms with Crippen LogP contribution in [0.25, 0.3) is 22.0 Å². The fraction of sp³-hybridized carbons (Fsp3) is 0.286. The van der Waals surface area contributed by atoms with Gasteiger partial charge in [0.15, 0.2) is 0 Å². The second kappa shape index (κ2) is 6.04. The van der Waals surface area contributed by atoms with Gasteiger partial charge < -0.3 is 4.98 Å². The highest BCUT2D eigenvalue weighted by Crippen LogP contribution is 2.39. The maximum atomic E-state index is 12.5. The van der Waals surface area contributed by atoms with Crippen LogP contribution in [-0.4, -0.2) is 34.5 Å². The summed E-state index contributed by atoms with van der Waals surface area (Å²) in [5.74, 6) is 2.46. The normalized spacial score (nSPS) is 16.8. The molecule has 4 heteroatoms. The van der Waals surface area contributed by atoms with Crippen LogP contribution in [0.3, 0.4) is 0 Å². The van der Waals surface area contributed by atoms with E-state index in [9.17, 15) is 4.79 Å². The van der Waals surface area contributed by atoms with Crippen molar-refractivity contribution in [1.29, 1.82) is 0 Å². The van der Waals surface area contributed by atoms with Gasteiger partial charge in [0.2, 0.25) is 0 Å². The molecule has 2 aliphatic rings. The summed E-state index contributed by atoms with van der Waals surface area (Å²) < 4.78 is 0. The van der Waals surface area contributed by atoms with Gasteiger partial charge in [-0.25, -0.2) is 0 Å². The molecule has 0 amide bonds. The minimum Gasteiger partial charge on any atom is -0.321 e. The van der Waals surface area contributed by atoms with Gasteiger partial charge >= 0.3 is 0 Å². The fourth-order valence-electron chi connectivity index (χ4n) is 4.15. The van der Waals surface area contributed by atoms with E-state index in [-0.39, 0.29) is 5.56 Å². The Hall–Kier alpha value is -2.04. The summed E-state index contributed by atoms with van der Waals surface area (Å²) in [5, 5.41) is 1.89. The van der Waals surface area contributed by atoms with Gasteiger partial charge in [-0.3, -0.25) is 9.69 Å². The number of thioether (sulfide) groups is 1. The Morgan fingerprint density at radius 3 is 2.60 bits per heavy atom. The summed E-state index contributed by atoms with van der Waals surface area (Å²) in [6.45, 7) is 3.35. The van der Waals surface area contributed by atoms with Gasteiger partial charge in [-0.1, -0.05) is 36.4 Å². The molecule has 1 aliphatic carbocycles. The number of H-pyrrole nitrogens is 1. The van der Waals surface area contributed by atoms with Gasteiger partial charge in [0.25, 0.3) is 5.56 Å². The Morgan fingerprint density at radius 2 is 1.76 bits per heavy atom. The molecule has 0 spiro atoms. The number of aromatic amines is 1. The molecular formula is C21H20N2OS. The summed E-state index contributed by atoms with van der Waals surface area (Å²) in [7, 11) is 0. The third kappa shape index (κ3) is 2.52. The van der Waals surface area contributed by atoms with Crippen molar-refractivity contribution in [2.24, 2.45) is 0 Å². The molecule has 1 aromatic heterocycles. The molecule has 3 aromatic rings. The predicted molar refractivity (Wildman–Crippen MR) is 105 cm³/mol. The monoisotopic (exact) mass is 348 g/mol. The number of nitrogens with one attached hydrogen (secondary N) is 1. The molecule has 1 aliphatic heterocycles. The van der Waals surface area contributed by atoms with Gasteiger partial charge in [0, 0.05) is 48.5 Å². The van der Waals surface area contributed by atoms with Crippen LogP contribution in [0.15, 0.2) is 47.3 Å². The summed E-state index contributed by atoms with van der Waals surface area (Å²) >= 11 is 2.05. The third-order valence-corrected chi connectivity index (χ3v) is 6.37. The number of hydrogen-bond acceptors (Lipinski definition) is 3. The standard InChI is InChI=1S/C21H20N2OS/c24-21-17-6-2-1-5-15(17)19-12-18-14(13-23-8-10-25-11-9-23)4-3-7-16(18)20(19)22-21/h1-7H,8-13H2,(H,22,24). The van der Waals surface area contributed by atoms with Crippen LogP contribution in [0.5, 0.6) is 0 Å². The Bertz CT molecular complexity index is 1020. The van der Waals surface area contributed by atoms with Crippen molar-refractivity contribution in [2.75, 3.05) is 24.6 Å². The summed E-state index contributed by atoms with van der Waals surface area (Å²) in [4.78, 5) is 18.2. The van der Waals surface area contributed by atoms with Crippen LogP contribution < -0.4 is 5.56 Å². The molecule has 0 saturated carbocycles. The van der Waals surface area contributed by atoms with Gasteiger partial charge in [0.1, 0.15) is 0 Å². The smallest absolute Gasteiger partial charge is 0.256 e. The Balaban J connectivity index is 1.61. The minimum atomic E-state index is 0.0145. The molecule has 126 valence electrons. The van der Waals surface area contributed by atoms with Crippen molar-refractivity contribution in [3.8, 4) is 11.3 Å². The molecule has 5 rings (SSSR count). The van der Waals surface area contributed by atoms with Crippen LogP contribution in [0, 0.1) is 0 Å². The maximum absolute atomic E-state index is 12.5. The van der Waals surface area contributed by atoms with Crippen molar-refractivity contribution in [1.82, 2.24) is 9.88 Å². The van der Waals surface area contributed by atoms with Crippen molar-refractivity contribution < 1.29 is 0 Å². The summed E-state index contributed by atoms with van der Waals surface area (Å²) in [5.41, 5.74) is 6.32. The van der Waals surface area contributed by atoms with E-state index in [0.29, 0.717) is 0 Å². The number of fused-ring (bicyclic) bond motifs is 5. The van der Waals surface area contributed by atoms with Crippen LogP contribution >= 0.6 is 11.8 Å². The Kier molecular flexibility index (Phi) is 3.68. The van der Waals surface area contributed by atoms with Gasteiger partial charge in [-0.2, -0.15) is 11.8 Å². The quantitative estimate of drug-likeness (QED) is 0.601. The van der Waals surface area contributed by atoms with Crippen molar-refractivity contribution in [2.45, 2.75) is 13.0 Å². The van der Waals surface area contributed by atoms with E-state index >= 15 is 0 Å². The van der Waals surface area contributed by atoms with E-state index in [1.54, 1.807) is 0 Å². The third-order valence-electron chi connectivity index (χ3n) is 5.43. The second-order valence-corrected chi connectivity index (χ2v) is 8.09. The highest BCUT2D eigenvalue weighted by atomic mass is 32.2. The van der Waals surface area contributed by atoms with E-state index in [1.165, 1.54) is 46.8 Å². The average molecular weight is 348 g/mol. The van der Waals surface area contributed by atoms with E-state index in [0.717, 1.165) is 29.4 Å². The van der Waals surface area contributed by atoms with Crippen LogP contribution in [0.4, 0.5) is 0 Å². The lowest BCUT2D eigenvalue weighted by molar-refractivity contribution is 0.294. The Morgan fingerprint density at radius 1 is 0.960 bits per heavy atom. The highest BCUT2D eigenvalue weighted by Gasteiger charge is 2.25. The molecule has 2 aromatic carbocycles. The number of aromatic nitrogens is 1.